The zero-order valence-electron chi connectivity index (χ0n) is 21.1. The molecule has 9 nitrogen and oxygen atoms in total. The summed E-state index contributed by atoms with van der Waals surface area (Å²) < 4.78 is 6.93. The molecule has 0 atom stereocenters. The molecule has 2 aromatic heterocycles. The van der Waals surface area contributed by atoms with Gasteiger partial charge in [0.15, 0.2) is 0 Å². The molecule has 0 fully saturated rings. The Kier molecular flexibility index (Phi) is 7.98. The monoisotopic (exact) mass is 512 g/mol. The van der Waals surface area contributed by atoms with Crippen LogP contribution in [0.5, 0.6) is 0 Å². The Hall–Kier alpha value is -4.76. The first kappa shape index (κ1) is 26.3. The second-order valence-electron chi connectivity index (χ2n) is 8.63. The number of carboxylic acid groups (broad SMARTS) is 1. The van der Waals surface area contributed by atoms with Crippen LogP contribution in [-0.2, 0) is 16.1 Å². The van der Waals surface area contributed by atoms with E-state index in [4.69, 9.17) is 25.4 Å². The Morgan fingerprint density at radius 2 is 1.79 bits per heavy atom. The second kappa shape index (κ2) is 11.5. The summed E-state index contributed by atoms with van der Waals surface area (Å²) in [6.45, 7) is 2.32. The highest BCUT2D eigenvalue weighted by atomic mass is 16.5. The number of carbonyl (C=O) groups is 2. The minimum absolute atomic E-state index is 0.293. The largest absolute Gasteiger partial charge is 0.481 e. The highest BCUT2D eigenvalue weighted by Gasteiger charge is 2.18. The zero-order valence-corrected chi connectivity index (χ0v) is 21.1. The minimum Gasteiger partial charge on any atom is -0.481 e. The Labute approximate surface area is 218 Å². The number of aromatic amines is 1. The molecule has 0 unspecified atom stereocenters. The van der Waals surface area contributed by atoms with Gasteiger partial charge in [-0.25, -0.2) is 9.78 Å². The molecule has 2 heterocycles. The number of hydrogen-bond donors (Lipinski definition) is 3. The number of fused-ring (bicyclic) bond motifs is 2. The Bertz CT molecular complexity index is 1670. The van der Waals surface area contributed by atoms with E-state index in [1.54, 1.807) is 12.1 Å². The third-order valence-corrected chi connectivity index (χ3v) is 5.96. The standard InChI is InChI=1S/C27H24N4O3.C2H4O2/c1-34-27(33)19-9-11-24-20(14-19)21(16-31(24)13-5-12-28)25-26(32)30-23-15-18(8-10-22(23)29-25)17-6-3-2-4-7-17;1-2(3)4/h2-4,6-11,14-16H,5,12-13,28H2,1H3,(H,30,32);1H3,(H,3,4). The number of aromatic nitrogens is 3. The van der Waals surface area contributed by atoms with Crippen LogP contribution < -0.4 is 11.3 Å². The predicted octanol–water partition coefficient (Wildman–Crippen LogP) is 4.44. The van der Waals surface area contributed by atoms with Crippen LogP contribution in [0.3, 0.4) is 0 Å². The molecule has 0 saturated carbocycles. The summed E-state index contributed by atoms with van der Waals surface area (Å²) >= 11 is 0. The molecule has 0 spiro atoms. The van der Waals surface area contributed by atoms with Gasteiger partial charge in [-0.15, -0.1) is 0 Å². The third-order valence-electron chi connectivity index (χ3n) is 5.96. The van der Waals surface area contributed by atoms with E-state index in [9.17, 15) is 9.59 Å². The molecule has 0 aliphatic carbocycles. The molecular formula is C29H28N4O5. The van der Waals surface area contributed by atoms with E-state index in [2.05, 4.69) is 4.98 Å². The zero-order chi connectivity index (χ0) is 27.2. The van der Waals surface area contributed by atoms with Crippen LogP contribution in [0.25, 0.3) is 44.3 Å². The number of rotatable bonds is 6. The van der Waals surface area contributed by atoms with Crippen molar-refractivity contribution in [2.24, 2.45) is 5.73 Å². The van der Waals surface area contributed by atoms with Crippen LogP contribution in [0.15, 0.2) is 77.7 Å². The van der Waals surface area contributed by atoms with Gasteiger partial charge in [-0.2, -0.15) is 0 Å². The average Bonchev–Trinajstić information content (AvgIpc) is 3.28. The molecule has 0 bridgehead atoms. The third kappa shape index (κ3) is 5.63. The van der Waals surface area contributed by atoms with Crippen molar-refractivity contribution in [3.05, 3.63) is 88.8 Å². The van der Waals surface area contributed by atoms with E-state index in [1.165, 1.54) is 7.11 Å². The number of H-pyrrole nitrogens is 1. The van der Waals surface area contributed by atoms with Gasteiger partial charge in [0, 0.05) is 36.1 Å². The minimum atomic E-state index is -0.833. The van der Waals surface area contributed by atoms with Gasteiger partial charge in [-0.1, -0.05) is 36.4 Å². The lowest BCUT2D eigenvalue weighted by Crippen LogP contribution is -2.11. The summed E-state index contributed by atoms with van der Waals surface area (Å²) in [6, 6.07) is 21.1. The predicted molar refractivity (Wildman–Crippen MR) is 147 cm³/mol. The summed E-state index contributed by atoms with van der Waals surface area (Å²) in [5.41, 5.74) is 11.1. The normalized spacial score (nSPS) is 10.7. The topological polar surface area (TPSA) is 140 Å². The number of ether oxygens (including phenoxy) is 1. The Morgan fingerprint density at radius 1 is 1.05 bits per heavy atom. The van der Waals surface area contributed by atoms with Gasteiger partial charge in [0.2, 0.25) is 0 Å². The van der Waals surface area contributed by atoms with E-state index < -0.39 is 11.9 Å². The first-order valence-corrected chi connectivity index (χ1v) is 12.0. The van der Waals surface area contributed by atoms with Gasteiger partial charge in [0.1, 0.15) is 5.69 Å². The second-order valence-corrected chi connectivity index (χ2v) is 8.63. The number of hydrogen-bond acceptors (Lipinski definition) is 6. The van der Waals surface area contributed by atoms with Crippen molar-refractivity contribution in [3.8, 4) is 22.4 Å². The molecule has 9 heteroatoms. The maximum atomic E-state index is 13.2. The van der Waals surface area contributed by atoms with E-state index in [0.717, 1.165) is 35.4 Å². The quantitative estimate of drug-likeness (QED) is 0.286. The number of aryl methyl sites for hydroxylation is 1. The van der Waals surface area contributed by atoms with Gasteiger partial charge < -0.3 is 25.1 Å². The van der Waals surface area contributed by atoms with E-state index in [-0.39, 0.29) is 5.56 Å². The molecule has 5 aromatic rings. The fraction of sp³-hybridized carbons (Fsp3) is 0.172. The number of aliphatic carboxylic acids is 1. The van der Waals surface area contributed by atoms with Gasteiger partial charge in [0.25, 0.3) is 11.5 Å². The van der Waals surface area contributed by atoms with Gasteiger partial charge in [-0.05, 0) is 54.4 Å². The maximum absolute atomic E-state index is 13.2. The smallest absolute Gasteiger partial charge is 0.337 e. The van der Waals surface area contributed by atoms with Crippen molar-refractivity contribution in [1.82, 2.24) is 14.5 Å². The number of methoxy groups -OCH3 is 1. The summed E-state index contributed by atoms with van der Waals surface area (Å²) in [5.74, 6) is -1.27. The SMILES string of the molecule is CC(=O)O.COC(=O)c1ccc2c(c1)c(-c1nc3ccc(-c4ccccc4)cc3[nH]c1=O)cn2CCCN. The molecule has 38 heavy (non-hydrogen) atoms. The van der Waals surface area contributed by atoms with Crippen molar-refractivity contribution in [2.45, 2.75) is 19.9 Å². The van der Waals surface area contributed by atoms with Crippen molar-refractivity contribution < 1.29 is 19.4 Å². The number of esters is 1. The van der Waals surface area contributed by atoms with Crippen LogP contribution >= 0.6 is 0 Å². The highest BCUT2D eigenvalue weighted by molar-refractivity contribution is 6.01. The maximum Gasteiger partial charge on any atom is 0.337 e. The van der Waals surface area contributed by atoms with Crippen LogP contribution in [-0.4, -0.2) is 45.2 Å². The Balaban J connectivity index is 0.000000786. The fourth-order valence-electron chi connectivity index (χ4n) is 4.26. The molecule has 0 amide bonds. The molecule has 0 aliphatic rings. The summed E-state index contributed by atoms with van der Waals surface area (Å²) in [6.07, 6.45) is 2.69. The van der Waals surface area contributed by atoms with Crippen molar-refractivity contribution in [2.75, 3.05) is 13.7 Å². The average molecular weight is 513 g/mol. The van der Waals surface area contributed by atoms with Crippen molar-refractivity contribution >= 4 is 33.9 Å². The van der Waals surface area contributed by atoms with Crippen LogP contribution in [0.4, 0.5) is 0 Å². The summed E-state index contributed by atoms with van der Waals surface area (Å²) in [4.78, 5) is 42.0. The molecule has 194 valence electrons. The summed E-state index contributed by atoms with van der Waals surface area (Å²) in [5, 5.41) is 8.18. The highest BCUT2D eigenvalue weighted by Crippen LogP contribution is 2.30. The lowest BCUT2D eigenvalue weighted by Gasteiger charge is -2.06. The number of benzene rings is 3. The van der Waals surface area contributed by atoms with Crippen LogP contribution in [0.2, 0.25) is 0 Å². The molecular weight excluding hydrogens is 484 g/mol. The molecule has 0 radical (unpaired) electrons. The molecule has 3 aromatic carbocycles. The van der Waals surface area contributed by atoms with E-state index in [0.29, 0.717) is 40.9 Å². The van der Waals surface area contributed by atoms with Gasteiger partial charge in [0.05, 0.1) is 23.7 Å². The number of carbonyl (C=O) groups excluding carboxylic acids is 1. The number of nitrogens with one attached hydrogen (secondary N) is 1. The van der Waals surface area contributed by atoms with E-state index in [1.807, 2.05) is 65.4 Å². The molecule has 4 N–H and O–H groups in total. The molecule has 0 aliphatic heterocycles. The summed E-state index contributed by atoms with van der Waals surface area (Å²) in [7, 11) is 1.35. The van der Waals surface area contributed by atoms with Gasteiger partial charge in [-0.3, -0.25) is 9.59 Å². The van der Waals surface area contributed by atoms with E-state index >= 15 is 0 Å². The lowest BCUT2D eigenvalue weighted by atomic mass is 10.0. The number of nitrogens with two attached hydrogens (primary N) is 1. The van der Waals surface area contributed by atoms with Crippen molar-refractivity contribution in [3.63, 3.8) is 0 Å². The van der Waals surface area contributed by atoms with Crippen molar-refractivity contribution in [1.29, 1.82) is 0 Å². The van der Waals surface area contributed by atoms with Gasteiger partial charge >= 0.3 is 5.97 Å². The lowest BCUT2D eigenvalue weighted by molar-refractivity contribution is -0.134. The molecule has 5 rings (SSSR count). The first-order chi connectivity index (χ1) is 18.3. The fourth-order valence-corrected chi connectivity index (χ4v) is 4.26. The number of carboxylic acids is 1. The number of nitrogens with zero attached hydrogens (tertiary/aromatic N) is 2. The van der Waals surface area contributed by atoms with Crippen LogP contribution in [0.1, 0.15) is 23.7 Å². The first-order valence-electron chi connectivity index (χ1n) is 12.0. The molecule has 0 saturated heterocycles. The van der Waals surface area contributed by atoms with Crippen LogP contribution in [0, 0.1) is 0 Å². The Morgan fingerprint density at radius 3 is 2.47 bits per heavy atom.